The van der Waals surface area contributed by atoms with Crippen molar-refractivity contribution in [1.82, 2.24) is 9.55 Å². The van der Waals surface area contributed by atoms with Crippen LogP contribution in [0, 0.1) is 32.1 Å². The molecule has 0 fully saturated rings. The van der Waals surface area contributed by atoms with E-state index in [2.05, 4.69) is 11.1 Å². The van der Waals surface area contributed by atoms with Crippen molar-refractivity contribution in [3.8, 4) is 6.07 Å². The lowest BCUT2D eigenvalue weighted by atomic mass is 9.87. The molecule has 32 heavy (non-hydrogen) atoms. The van der Waals surface area contributed by atoms with E-state index in [0.29, 0.717) is 33.3 Å². The number of carbonyl (C=O) groups is 1. The van der Waals surface area contributed by atoms with Crippen LogP contribution in [0.4, 0.5) is 0 Å². The summed E-state index contributed by atoms with van der Waals surface area (Å²) in [5.74, 6) is 0.191. The average molecular weight is 467 g/mol. The summed E-state index contributed by atoms with van der Waals surface area (Å²) in [6.45, 7) is 7.76. The molecular weight excluding hydrogens is 444 g/mol. The minimum atomic E-state index is -0.472. The Morgan fingerprint density at radius 1 is 1.41 bits per heavy atom. The van der Waals surface area contributed by atoms with Gasteiger partial charge >= 0.3 is 5.97 Å². The SMILES string of the molecule is CCOC(=O)C1=C(CSc2nc(C)c(C)c(C)c2C#N)OC(=S)C2=C(N)n3cccc3C12. The molecule has 2 aromatic rings. The molecular formula is C23H22N4O3S2. The van der Waals surface area contributed by atoms with Crippen LogP contribution < -0.4 is 5.73 Å². The number of esters is 1. The first-order valence-corrected chi connectivity index (χ1v) is 11.5. The smallest absolute Gasteiger partial charge is 0.338 e. The molecule has 0 aromatic carbocycles. The molecule has 2 aromatic heterocycles. The Morgan fingerprint density at radius 2 is 2.16 bits per heavy atom. The fourth-order valence-electron chi connectivity index (χ4n) is 4.00. The van der Waals surface area contributed by atoms with E-state index < -0.39 is 11.9 Å². The van der Waals surface area contributed by atoms with Gasteiger partial charge in [-0.3, -0.25) is 0 Å². The largest absolute Gasteiger partial charge is 0.463 e. The lowest BCUT2D eigenvalue weighted by molar-refractivity contribution is -0.139. The van der Waals surface area contributed by atoms with Gasteiger partial charge in [-0.15, -0.1) is 0 Å². The first kappa shape index (κ1) is 22.1. The molecule has 0 bridgehead atoms. The molecule has 4 heterocycles. The summed E-state index contributed by atoms with van der Waals surface area (Å²) in [4.78, 5) is 17.6. The van der Waals surface area contributed by atoms with Crippen LogP contribution in [0.25, 0.3) is 5.82 Å². The van der Waals surface area contributed by atoms with Crippen molar-refractivity contribution in [3.05, 3.63) is 63.3 Å². The third-order valence-electron chi connectivity index (χ3n) is 5.84. The lowest BCUT2D eigenvalue weighted by Gasteiger charge is -2.27. The van der Waals surface area contributed by atoms with E-state index in [4.69, 9.17) is 27.4 Å². The van der Waals surface area contributed by atoms with Crippen molar-refractivity contribution in [1.29, 1.82) is 5.26 Å². The van der Waals surface area contributed by atoms with Crippen molar-refractivity contribution in [2.45, 2.75) is 38.6 Å². The molecule has 7 nitrogen and oxygen atoms in total. The number of carbonyl (C=O) groups excluding carboxylic acids is 1. The highest BCUT2D eigenvalue weighted by atomic mass is 32.2. The van der Waals surface area contributed by atoms with Gasteiger partial charge in [0.1, 0.15) is 22.7 Å². The predicted octanol–water partition coefficient (Wildman–Crippen LogP) is 3.87. The Hall–Kier alpha value is -3.09. The van der Waals surface area contributed by atoms with Crippen LogP contribution in [0.15, 0.2) is 40.3 Å². The van der Waals surface area contributed by atoms with Gasteiger partial charge in [-0.25, -0.2) is 9.78 Å². The van der Waals surface area contributed by atoms with E-state index in [1.54, 1.807) is 6.92 Å². The van der Waals surface area contributed by atoms with Crippen molar-refractivity contribution >= 4 is 40.8 Å². The highest BCUT2D eigenvalue weighted by molar-refractivity contribution is 7.99. The Balaban J connectivity index is 1.79. The predicted molar refractivity (Wildman–Crippen MR) is 126 cm³/mol. The fourth-order valence-corrected chi connectivity index (χ4v) is 5.35. The number of nitriles is 1. The number of hydrogen-bond donors (Lipinski definition) is 1. The maximum Gasteiger partial charge on any atom is 0.338 e. The van der Waals surface area contributed by atoms with E-state index >= 15 is 0 Å². The Kier molecular flexibility index (Phi) is 5.84. The molecule has 4 rings (SSSR count). The zero-order valence-corrected chi connectivity index (χ0v) is 19.8. The zero-order valence-electron chi connectivity index (χ0n) is 18.2. The van der Waals surface area contributed by atoms with Crippen molar-refractivity contribution in [3.63, 3.8) is 0 Å². The second-order valence-corrected chi connectivity index (χ2v) is 8.84. The van der Waals surface area contributed by atoms with Crippen LogP contribution in [0.2, 0.25) is 0 Å². The highest BCUT2D eigenvalue weighted by Gasteiger charge is 2.44. The van der Waals surface area contributed by atoms with Crippen molar-refractivity contribution < 1.29 is 14.3 Å². The summed E-state index contributed by atoms with van der Waals surface area (Å²) in [7, 11) is 0. The Morgan fingerprint density at radius 3 is 2.84 bits per heavy atom. The Labute approximate surface area is 195 Å². The maximum atomic E-state index is 13.0. The lowest BCUT2D eigenvalue weighted by Crippen LogP contribution is -2.28. The van der Waals surface area contributed by atoms with E-state index in [9.17, 15) is 10.1 Å². The van der Waals surface area contributed by atoms with Gasteiger partial charge in [0, 0.05) is 17.6 Å². The zero-order chi connectivity index (χ0) is 23.2. The minimum Gasteiger partial charge on any atom is -0.463 e. The number of ether oxygens (including phenoxy) is 2. The van der Waals surface area contributed by atoms with Gasteiger partial charge in [0.25, 0.3) is 0 Å². The number of rotatable bonds is 5. The third-order valence-corrected chi connectivity index (χ3v) is 7.11. The summed E-state index contributed by atoms with van der Waals surface area (Å²) in [5.41, 5.74) is 11.4. The second kappa shape index (κ2) is 8.45. The van der Waals surface area contributed by atoms with Crippen molar-refractivity contribution in [2.24, 2.45) is 5.73 Å². The molecule has 0 spiro atoms. The van der Waals surface area contributed by atoms with Crippen LogP contribution in [0.3, 0.4) is 0 Å². The fraction of sp³-hybridized carbons (Fsp3) is 0.304. The number of aromatic nitrogens is 2. The first-order valence-electron chi connectivity index (χ1n) is 10.1. The molecule has 0 saturated heterocycles. The summed E-state index contributed by atoms with van der Waals surface area (Å²) in [5, 5.41) is 10.5. The van der Waals surface area contributed by atoms with Gasteiger partial charge < -0.3 is 19.8 Å². The third kappa shape index (κ3) is 3.40. The topological polar surface area (TPSA) is 103 Å². The molecule has 1 atom stereocenters. The van der Waals surface area contributed by atoms with E-state index in [1.165, 1.54) is 11.8 Å². The number of hydrogen-bond acceptors (Lipinski definition) is 8. The molecule has 164 valence electrons. The van der Waals surface area contributed by atoms with Gasteiger partial charge in [0.05, 0.1) is 35.0 Å². The molecule has 2 N–H and O–H groups in total. The molecule has 2 aliphatic rings. The first-order chi connectivity index (χ1) is 15.3. The van der Waals surface area contributed by atoms with E-state index in [-0.39, 0.29) is 17.4 Å². The number of thiocarbonyl (C=S) groups is 1. The van der Waals surface area contributed by atoms with Crippen LogP contribution in [-0.4, -0.2) is 32.9 Å². The van der Waals surface area contributed by atoms with Crippen LogP contribution in [-0.2, 0) is 14.3 Å². The monoisotopic (exact) mass is 466 g/mol. The quantitative estimate of drug-likeness (QED) is 0.402. The summed E-state index contributed by atoms with van der Waals surface area (Å²) < 4.78 is 13.1. The van der Waals surface area contributed by atoms with Crippen LogP contribution >= 0.6 is 24.0 Å². The van der Waals surface area contributed by atoms with Crippen molar-refractivity contribution in [2.75, 3.05) is 12.4 Å². The molecule has 0 saturated carbocycles. The highest BCUT2D eigenvalue weighted by Crippen LogP contribution is 2.46. The van der Waals surface area contributed by atoms with Gasteiger partial charge in [-0.05, 0) is 63.2 Å². The second-order valence-electron chi connectivity index (χ2n) is 7.51. The van der Waals surface area contributed by atoms with Gasteiger partial charge in [-0.2, -0.15) is 5.26 Å². The molecule has 0 aliphatic carbocycles. The minimum absolute atomic E-state index is 0.228. The van der Waals surface area contributed by atoms with Crippen LogP contribution in [0.1, 0.15) is 40.9 Å². The molecule has 0 amide bonds. The van der Waals surface area contributed by atoms with Gasteiger partial charge in [0.15, 0.2) is 5.05 Å². The number of fused-ring (bicyclic) bond motifs is 3. The standard InChI is InChI=1S/C23H22N4O3S2/c1-5-29-22(28)18-16(10-32-21-14(9-24)12(3)11(2)13(4)26-21)30-23(31)19-17(18)15-7-6-8-27(15)20(19)25/h6-8,17H,5,10,25H2,1-4H3. The average Bonchev–Trinajstić information content (AvgIpc) is 3.34. The van der Waals surface area contributed by atoms with Gasteiger partial charge in [0.2, 0.25) is 0 Å². The summed E-state index contributed by atoms with van der Waals surface area (Å²) in [6.07, 6.45) is 1.83. The number of nitrogens with zero attached hydrogens (tertiary/aromatic N) is 3. The molecule has 9 heteroatoms. The summed E-state index contributed by atoms with van der Waals surface area (Å²) >= 11 is 6.85. The Bertz CT molecular complexity index is 1270. The van der Waals surface area contributed by atoms with Crippen LogP contribution in [0.5, 0.6) is 0 Å². The number of aryl methyl sites for hydroxylation is 1. The molecule has 2 aliphatic heterocycles. The number of pyridine rings is 1. The van der Waals surface area contributed by atoms with E-state index in [0.717, 1.165) is 22.5 Å². The normalized spacial score (nSPS) is 17.1. The number of nitrogens with two attached hydrogens (primary N) is 1. The maximum absolute atomic E-state index is 13.0. The molecule has 1 unspecified atom stereocenters. The molecule has 0 radical (unpaired) electrons. The van der Waals surface area contributed by atoms with E-state index in [1.807, 2.05) is 43.7 Å². The van der Waals surface area contributed by atoms with Gasteiger partial charge in [-0.1, -0.05) is 11.8 Å². The number of thioether (sulfide) groups is 1. The summed E-state index contributed by atoms with van der Waals surface area (Å²) in [6, 6.07) is 6.03.